The Balaban J connectivity index is 1.72. The molecule has 1 N–H and O–H groups in total. The standard InChI is InChI=1S/C17H29N3O2/c1-14-13-19-16(20(14)10-11-22-2)8-9-18-17(21)12-15-6-4-3-5-7-15/h13,15H,3-12H2,1-2H3,(H,18,21). The number of carbonyl (C=O) groups excluding carboxylic acids is 1. The molecule has 2 rings (SSSR count). The summed E-state index contributed by atoms with van der Waals surface area (Å²) in [6.45, 7) is 4.20. The number of aryl methyl sites for hydroxylation is 1. The molecular formula is C17H29N3O2. The van der Waals surface area contributed by atoms with Crippen LogP contribution >= 0.6 is 0 Å². The highest BCUT2D eigenvalue weighted by Crippen LogP contribution is 2.25. The Kier molecular flexibility index (Phi) is 6.90. The van der Waals surface area contributed by atoms with E-state index in [-0.39, 0.29) is 5.91 Å². The van der Waals surface area contributed by atoms with E-state index in [1.807, 2.05) is 13.1 Å². The molecule has 0 atom stereocenters. The van der Waals surface area contributed by atoms with E-state index in [1.54, 1.807) is 7.11 Å². The van der Waals surface area contributed by atoms with Gasteiger partial charge in [-0.05, 0) is 25.7 Å². The van der Waals surface area contributed by atoms with Gasteiger partial charge in [-0.1, -0.05) is 19.3 Å². The first-order chi connectivity index (χ1) is 10.7. The number of carbonyl (C=O) groups is 1. The summed E-state index contributed by atoms with van der Waals surface area (Å²) in [5.74, 6) is 1.81. The van der Waals surface area contributed by atoms with Crippen molar-refractivity contribution in [3.63, 3.8) is 0 Å². The molecule has 22 heavy (non-hydrogen) atoms. The van der Waals surface area contributed by atoms with E-state index in [9.17, 15) is 4.79 Å². The van der Waals surface area contributed by atoms with Gasteiger partial charge in [0, 0.05) is 44.9 Å². The minimum absolute atomic E-state index is 0.193. The van der Waals surface area contributed by atoms with Crippen molar-refractivity contribution in [1.29, 1.82) is 0 Å². The average molecular weight is 307 g/mol. The number of amides is 1. The number of nitrogens with one attached hydrogen (secondary N) is 1. The van der Waals surface area contributed by atoms with Crippen molar-refractivity contribution in [2.45, 2.75) is 58.4 Å². The van der Waals surface area contributed by atoms with Gasteiger partial charge in [0.1, 0.15) is 5.82 Å². The average Bonchev–Trinajstić information content (AvgIpc) is 2.86. The molecule has 1 aromatic rings. The van der Waals surface area contributed by atoms with Gasteiger partial charge in [0.15, 0.2) is 0 Å². The maximum atomic E-state index is 12.0. The van der Waals surface area contributed by atoms with Crippen molar-refractivity contribution in [1.82, 2.24) is 14.9 Å². The van der Waals surface area contributed by atoms with Gasteiger partial charge in [-0.3, -0.25) is 4.79 Å². The highest BCUT2D eigenvalue weighted by molar-refractivity contribution is 5.76. The first-order valence-corrected chi connectivity index (χ1v) is 8.47. The fourth-order valence-electron chi connectivity index (χ4n) is 3.24. The van der Waals surface area contributed by atoms with Crippen LogP contribution in [0.5, 0.6) is 0 Å². The molecule has 0 saturated heterocycles. The quantitative estimate of drug-likeness (QED) is 0.802. The molecule has 0 radical (unpaired) electrons. The highest BCUT2D eigenvalue weighted by atomic mass is 16.5. The van der Waals surface area contributed by atoms with Crippen molar-refractivity contribution >= 4 is 5.91 Å². The smallest absolute Gasteiger partial charge is 0.220 e. The zero-order valence-electron chi connectivity index (χ0n) is 13.9. The number of imidazole rings is 1. The summed E-state index contributed by atoms with van der Waals surface area (Å²) in [6, 6.07) is 0. The number of methoxy groups -OCH3 is 1. The maximum absolute atomic E-state index is 12.0. The fraction of sp³-hybridized carbons (Fsp3) is 0.765. The third-order valence-electron chi connectivity index (χ3n) is 4.53. The van der Waals surface area contributed by atoms with Gasteiger partial charge in [0.2, 0.25) is 5.91 Å². The number of hydrogen-bond acceptors (Lipinski definition) is 3. The minimum atomic E-state index is 0.193. The first-order valence-electron chi connectivity index (χ1n) is 8.47. The number of hydrogen-bond donors (Lipinski definition) is 1. The topological polar surface area (TPSA) is 56.1 Å². The Morgan fingerprint density at radius 3 is 2.91 bits per heavy atom. The molecule has 0 unspecified atom stereocenters. The summed E-state index contributed by atoms with van der Waals surface area (Å²) < 4.78 is 7.30. The SMILES string of the molecule is COCCn1c(C)cnc1CCNC(=O)CC1CCCCC1. The lowest BCUT2D eigenvalue weighted by Gasteiger charge is -2.20. The molecule has 1 heterocycles. The van der Waals surface area contributed by atoms with Gasteiger partial charge in [-0.15, -0.1) is 0 Å². The van der Waals surface area contributed by atoms with Crippen LogP contribution < -0.4 is 5.32 Å². The summed E-state index contributed by atoms with van der Waals surface area (Å²) in [5.41, 5.74) is 1.14. The predicted octanol–water partition coefficient (Wildman–Crippen LogP) is 2.47. The van der Waals surface area contributed by atoms with Crippen molar-refractivity contribution < 1.29 is 9.53 Å². The van der Waals surface area contributed by atoms with Crippen LogP contribution in [0.4, 0.5) is 0 Å². The van der Waals surface area contributed by atoms with E-state index in [0.717, 1.165) is 24.5 Å². The molecule has 1 amide bonds. The largest absolute Gasteiger partial charge is 0.383 e. The molecule has 1 aliphatic carbocycles. The second kappa shape index (κ2) is 8.93. The third kappa shape index (κ3) is 5.13. The Hall–Kier alpha value is -1.36. The lowest BCUT2D eigenvalue weighted by atomic mass is 9.87. The van der Waals surface area contributed by atoms with Gasteiger partial charge >= 0.3 is 0 Å². The molecule has 0 aliphatic heterocycles. The molecular weight excluding hydrogens is 278 g/mol. The van der Waals surface area contributed by atoms with E-state index in [0.29, 0.717) is 25.5 Å². The molecule has 5 nitrogen and oxygen atoms in total. The van der Waals surface area contributed by atoms with Crippen LogP contribution in [0.1, 0.15) is 50.0 Å². The third-order valence-corrected chi connectivity index (χ3v) is 4.53. The molecule has 1 saturated carbocycles. The van der Waals surface area contributed by atoms with Crippen molar-refractivity contribution in [2.24, 2.45) is 5.92 Å². The lowest BCUT2D eigenvalue weighted by Crippen LogP contribution is -2.29. The molecule has 5 heteroatoms. The van der Waals surface area contributed by atoms with Crippen LogP contribution in [0.2, 0.25) is 0 Å². The summed E-state index contributed by atoms with van der Waals surface area (Å²) >= 11 is 0. The fourth-order valence-corrected chi connectivity index (χ4v) is 3.24. The zero-order chi connectivity index (χ0) is 15.8. The monoisotopic (exact) mass is 307 g/mol. The van der Waals surface area contributed by atoms with E-state index in [1.165, 1.54) is 32.1 Å². The molecule has 1 aromatic heterocycles. The predicted molar refractivity (Wildman–Crippen MR) is 86.7 cm³/mol. The van der Waals surface area contributed by atoms with Crippen LogP contribution in [-0.2, 0) is 22.5 Å². The maximum Gasteiger partial charge on any atom is 0.220 e. The molecule has 0 aromatic carbocycles. The van der Waals surface area contributed by atoms with Crippen LogP contribution in [0, 0.1) is 12.8 Å². The van der Waals surface area contributed by atoms with Gasteiger partial charge in [0.25, 0.3) is 0 Å². The minimum Gasteiger partial charge on any atom is -0.383 e. The molecule has 0 spiro atoms. The molecule has 0 bridgehead atoms. The second-order valence-corrected chi connectivity index (χ2v) is 6.27. The van der Waals surface area contributed by atoms with E-state index < -0.39 is 0 Å². The van der Waals surface area contributed by atoms with Crippen molar-refractivity contribution in [2.75, 3.05) is 20.3 Å². The molecule has 1 aliphatic rings. The molecule has 124 valence electrons. The van der Waals surface area contributed by atoms with Crippen LogP contribution in [-0.4, -0.2) is 35.7 Å². The van der Waals surface area contributed by atoms with Crippen LogP contribution in [0.3, 0.4) is 0 Å². The zero-order valence-corrected chi connectivity index (χ0v) is 13.9. The summed E-state index contributed by atoms with van der Waals surface area (Å²) in [7, 11) is 1.71. The van der Waals surface area contributed by atoms with Gasteiger partial charge in [-0.25, -0.2) is 4.98 Å². The first kappa shape index (κ1) is 17.0. The molecule has 1 fully saturated rings. The summed E-state index contributed by atoms with van der Waals surface area (Å²) in [5, 5.41) is 3.05. The highest BCUT2D eigenvalue weighted by Gasteiger charge is 2.16. The van der Waals surface area contributed by atoms with Crippen LogP contribution in [0.25, 0.3) is 0 Å². The van der Waals surface area contributed by atoms with Crippen molar-refractivity contribution in [3.05, 3.63) is 17.7 Å². The van der Waals surface area contributed by atoms with Crippen LogP contribution in [0.15, 0.2) is 6.20 Å². The summed E-state index contributed by atoms with van der Waals surface area (Å²) in [6.07, 6.45) is 9.69. The second-order valence-electron chi connectivity index (χ2n) is 6.27. The normalized spacial score (nSPS) is 15.9. The summed E-state index contributed by atoms with van der Waals surface area (Å²) in [4.78, 5) is 16.4. The van der Waals surface area contributed by atoms with Gasteiger partial charge < -0.3 is 14.6 Å². The number of nitrogens with zero attached hydrogens (tertiary/aromatic N) is 2. The van der Waals surface area contributed by atoms with Gasteiger partial charge in [-0.2, -0.15) is 0 Å². The van der Waals surface area contributed by atoms with Gasteiger partial charge in [0.05, 0.1) is 6.61 Å². The van der Waals surface area contributed by atoms with E-state index >= 15 is 0 Å². The number of ether oxygens (including phenoxy) is 1. The Labute approximate surface area is 133 Å². The number of aromatic nitrogens is 2. The Morgan fingerprint density at radius 2 is 2.18 bits per heavy atom. The van der Waals surface area contributed by atoms with E-state index in [2.05, 4.69) is 14.9 Å². The number of rotatable bonds is 8. The Bertz CT molecular complexity index is 464. The lowest BCUT2D eigenvalue weighted by molar-refractivity contribution is -0.122. The van der Waals surface area contributed by atoms with Crippen molar-refractivity contribution in [3.8, 4) is 0 Å². The Morgan fingerprint density at radius 1 is 1.41 bits per heavy atom. The van der Waals surface area contributed by atoms with E-state index in [4.69, 9.17) is 4.74 Å².